The van der Waals surface area contributed by atoms with Crippen LogP contribution in [0.3, 0.4) is 0 Å². The molecule has 0 saturated carbocycles. The average Bonchev–Trinajstić information content (AvgIpc) is 2.60. The van der Waals surface area contributed by atoms with Gasteiger partial charge in [0, 0.05) is 11.9 Å². The molecule has 0 bridgehead atoms. The SMILES string of the molecule is COc1cc(/C=C(/NC(C)=O)C(=O)O)cc(Cl)c1OCc1ccc(Cl)cc1. The number of ether oxygens (including phenoxy) is 2. The second-order valence-electron chi connectivity index (χ2n) is 5.49. The lowest BCUT2D eigenvalue weighted by molar-refractivity contribution is -0.134. The molecule has 8 heteroatoms. The third-order valence-corrected chi connectivity index (χ3v) is 3.93. The molecule has 0 heterocycles. The van der Waals surface area contributed by atoms with Gasteiger partial charge >= 0.3 is 5.97 Å². The van der Waals surface area contributed by atoms with Crippen LogP contribution in [0.25, 0.3) is 6.08 Å². The molecule has 1 amide bonds. The topological polar surface area (TPSA) is 84.9 Å². The Hall–Kier alpha value is -2.70. The van der Waals surface area contributed by atoms with E-state index >= 15 is 0 Å². The maximum Gasteiger partial charge on any atom is 0.352 e. The van der Waals surface area contributed by atoms with E-state index in [0.717, 1.165) is 5.56 Å². The van der Waals surface area contributed by atoms with E-state index in [4.69, 9.17) is 32.7 Å². The zero-order valence-corrected chi connectivity index (χ0v) is 16.1. The zero-order valence-electron chi connectivity index (χ0n) is 14.6. The number of nitrogens with one attached hydrogen (secondary N) is 1. The Kier molecular flexibility index (Phi) is 7.10. The first kappa shape index (κ1) is 20.6. The molecule has 0 aliphatic rings. The number of carbonyl (C=O) groups is 2. The summed E-state index contributed by atoms with van der Waals surface area (Å²) in [4.78, 5) is 22.4. The highest BCUT2D eigenvalue weighted by atomic mass is 35.5. The smallest absolute Gasteiger partial charge is 0.352 e. The first-order valence-corrected chi connectivity index (χ1v) is 8.53. The minimum atomic E-state index is -1.27. The van der Waals surface area contributed by atoms with Gasteiger partial charge in [0.25, 0.3) is 0 Å². The van der Waals surface area contributed by atoms with Gasteiger partial charge in [-0.2, -0.15) is 0 Å². The summed E-state index contributed by atoms with van der Waals surface area (Å²) in [6, 6.07) is 10.2. The molecule has 0 radical (unpaired) electrons. The van der Waals surface area contributed by atoms with Crippen molar-refractivity contribution in [3.63, 3.8) is 0 Å². The quantitative estimate of drug-likeness (QED) is 0.671. The maximum atomic E-state index is 11.2. The summed E-state index contributed by atoms with van der Waals surface area (Å²) in [6.07, 6.45) is 1.28. The largest absolute Gasteiger partial charge is 0.493 e. The number of hydrogen-bond donors (Lipinski definition) is 2. The van der Waals surface area contributed by atoms with Crippen molar-refractivity contribution in [2.75, 3.05) is 7.11 Å². The molecule has 0 saturated heterocycles. The Morgan fingerprint density at radius 1 is 1.19 bits per heavy atom. The molecule has 2 aromatic rings. The van der Waals surface area contributed by atoms with Crippen LogP contribution in [0.4, 0.5) is 0 Å². The summed E-state index contributed by atoms with van der Waals surface area (Å²) in [5.41, 5.74) is 1.04. The lowest BCUT2D eigenvalue weighted by Crippen LogP contribution is -2.24. The van der Waals surface area contributed by atoms with Gasteiger partial charge in [-0.25, -0.2) is 4.79 Å². The van der Waals surface area contributed by atoms with Crippen LogP contribution < -0.4 is 14.8 Å². The van der Waals surface area contributed by atoms with E-state index in [0.29, 0.717) is 22.1 Å². The number of halogens is 2. The molecule has 142 valence electrons. The van der Waals surface area contributed by atoms with E-state index in [1.165, 1.54) is 26.2 Å². The molecule has 2 rings (SSSR count). The Labute approximate surface area is 166 Å². The Balaban J connectivity index is 2.29. The van der Waals surface area contributed by atoms with Crippen LogP contribution in [0, 0.1) is 0 Å². The number of benzene rings is 2. The van der Waals surface area contributed by atoms with E-state index in [1.807, 2.05) is 12.1 Å². The van der Waals surface area contributed by atoms with Crippen molar-refractivity contribution in [2.45, 2.75) is 13.5 Å². The molecule has 27 heavy (non-hydrogen) atoms. The predicted octanol–water partition coefficient (Wildman–Crippen LogP) is 4.14. The van der Waals surface area contributed by atoms with Crippen molar-refractivity contribution in [1.82, 2.24) is 5.32 Å². The highest BCUT2D eigenvalue weighted by molar-refractivity contribution is 6.32. The number of methoxy groups -OCH3 is 1. The monoisotopic (exact) mass is 409 g/mol. The van der Waals surface area contributed by atoms with Crippen molar-refractivity contribution in [2.24, 2.45) is 0 Å². The van der Waals surface area contributed by atoms with Crippen LogP contribution in [0.5, 0.6) is 11.5 Å². The molecule has 2 aromatic carbocycles. The number of carbonyl (C=O) groups excluding carboxylic acids is 1. The highest BCUT2D eigenvalue weighted by Crippen LogP contribution is 2.37. The van der Waals surface area contributed by atoms with Gasteiger partial charge in [-0.05, 0) is 41.5 Å². The summed E-state index contributed by atoms with van der Waals surface area (Å²) in [6.45, 7) is 1.47. The standard InChI is InChI=1S/C19H17Cl2NO5/c1-11(23)22-16(19(24)25)8-13-7-15(21)18(17(9-13)26-2)27-10-12-3-5-14(20)6-4-12/h3-9H,10H2,1-2H3,(H,22,23)(H,24,25)/b16-8+. The van der Waals surface area contributed by atoms with Crippen LogP contribution in [0.2, 0.25) is 10.0 Å². The van der Waals surface area contributed by atoms with Gasteiger partial charge in [-0.1, -0.05) is 35.3 Å². The van der Waals surface area contributed by atoms with Crippen molar-refractivity contribution < 1.29 is 24.2 Å². The summed E-state index contributed by atoms with van der Waals surface area (Å²) in [5, 5.41) is 12.3. The molecule has 0 atom stereocenters. The maximum absolute atomic E-state index is 11.2. The van der Waals surface area contributed by atoms with Gasteiger partial charge in [-0.3, -0.25) is 4.79 Å². The van der Waals surface area contributed by atoms with Crippen LogP contribution in [0.15, 0.2) is 42.1 Å². The molecule has 0 aliphatic heterocycles. The van der Waals surface area contributed by atoms with Crippen LogP contribution in [-0.2, 0) is 16.2 Å². The number of hydrogen-bond acceptors (Lipinski definition) is 4. The van der Waals surface area contributed by atoms with Gasteiger partial charge in [0.1, 0.15) is 12.3 Å². The van der Waals surface area contributed by atoms with E-state index in [-0.39, 0.29) is 17.3 Å². The van der Waals surface area contributed by atoms with Gasteiger partial charge in [0.05, 0.1) is 12.1 Å². The highest BCUT2D eigenvalue weighted by Gasteiger charge is 2.14. The number of carboxylic acid groups (broad SMARTS) is 1. The lowest BCUT2D eigenvalue weighted by Gasteiger charge is -2.14. The summed E-state index contributed by atoms with van der Waals surface area (Å²) < 4.78 is 11.1. The van der Waals surface area contributed by atoms with E-state index in [2.05, 4.69) is 5.32 Å². The summed E-state index contributed by atoms with van der Waals surface area (Å²) in [5.74, 6) is -1.12. The number of rotatable bonds is 7. The molecule has 0 aliphatic carbocycles. The van der Waals surface area contributed by atoms with E-state index in [9.17, 15) is 14.7 Å². The fourth-order valence-corrected chi connectivity index (χ4v) is 2.61. The Morgan fingerprint density at radius 3 is 2.41 bits per heavy atom. The van der Waals surface area contributed by atoms with Gasteiger partial charge < -0.3 is 19.9 Å². The molecule has 0 spiro atoms. The van der Waals surface area contributed by atoms with Gasteiger partial charge in [0.2, 0.25) is 5.91 Å². The van der Waals surface area contributed by atoms with Crippen molar-refractivity contribution >= 4 is 41.2 Å². The van der Waals surface area contributed by atoms with Crippen LogP contribution in [0.1, 0.15) is 18.1 Å². The van der Waals surface area contributed by atoms with Crippen molar-refractivity contribution in [3.8, 4) is 11.5 Å². The first-order chi connectivity index (χ1) is 12.8. The minimum absolute atomic E-state index is 0.238. The molecule has 0 aromatic heterocycles. The molecular weight excluding hydrogens is 393 g/mol. The second kappa shape index (κ2) is 9.30. The third kappa shape index (κ3) is 5.91. The molecular formula is C19H17Cl2NO5. The van der Waals surface area contributed by atoms with Crippen molar-refractivity contribution in [3.05, 3.63) is 63.3 Å². The predicted molar refractivity (Wildman–Crippen MR) is 103 cm³/mol. The van der Waals surface area contributed by atoms with Crippen LogP contribution >= 0.6 is 23.2 Å². The summed E-state index contributed by atoms with van der Waals surface area (Å²) in [7, 11) is 1.44. The lowest BCUT2D eigenvalue weighted by atomic mass is 10.1. The normalized spacial score (nSPS) is 11.0. The third-order valence-electron chi connectivity index (χ3n) is 3.40. The van der Waals surface area contributed by atoms with Crippen LogP contribution in [-0.4, -0.2) is 24.1 Å². The summed E-state index contributed by atoms with van der Waals surface area (Å²) >= 11 is 12.1. The Bertz CT molecular complexity index is 878. The van der Waals surface area contributed by atoms with Crippen molar-refractivity contribution in [1.29, 1.82) is 0 Å². The minimum Gasteiger partial charge on any atom is -0.493 e. The second-order valence-corrected chi connectivity index (χ2v) is 6.34. The van der Waals surface area contributed by atoms with E-state index in [1.54, 1.807) is 18.2 Å². The number of amides is 1. The fourth-order valence-electron chi connectivity index (χ4n) is 2.21. The molecule has 0 unspecified atom stereocenters. The molecule has 6 nitrogen and oxygen atoms in total. The average molecular weight is 410 g/mol. The Morgan fingerprint density at radius 2 is 1.85 bits per heavy atom. The zero-order chi connectivity index (χ0) is 20.0. The fraction of sp³-hybridized carbons (Fsp3) is 0.158. The molecule has 0 fully saturated rings. The first-order valence-electron chi connectivity index (χ1n) is 7.77. The van der Waals surface area contributed by atoms with E-state index < -0.39 is 11.9 Å². The number of carboxylic acids is 1. The van der Waals surface area contributed by atoms with Gasteiger partial charge in [0.15, 0.2) is 11.5 Å². The number of aliphatic carboxylic acids is 1. The molecule has 2 N–H and O–H groups in total. The van der Waals surface area contributed by atoms with Gasteiger partial charge in [-0.15, -0.1) is 0 Å².